The molecule has 106 valence electrons. The lowest BCUT2D eigenvalue weighted by molar-refractivity contribution is -0.376. The van der Waals surface area contributed by atoms with Crippen LogP contribution >= 0.6 is 11.6 Å². The molecule has 0 aliphatic heterocycles. The molecule has 0 radical (unpaired) electrons. The molecule has 0 amide bonds. The highest BCUT2D eigenvalue weighted by Crippen LogP contribution is 2.29. The van der Waals surface area contributed by atoms with Gasteiger partial charge in [0.25, 0.3) is 10.0 Å². The van der Waals surface area contributed by atoms with Crippen molar-refractivity contribution >= 4 is 38.1 Å². The molecule has 2 aromatic carbocycles. The fourth-order valence-electron chi connectivity index (χ4n) is 2.14. The van der Waals surface area contributed by atoms with Crippen LogP contribution in [0.4, 0.5) is 5.69 Å². The van der Waals surface area contributed by atoms with E-state index in [0.29, 0.717) is 21.5 Å². The summed E-state index contributed by atoms with van der Waals surface area (Å²) in [5.41, 5.74) is 0.469. The Labute approximate surface area is 127 Å². The minimum atomic E-state index is -3.69. The van der Waals surface area contributed by atoms with Crippen molar-refractivity contribution in [2.75, 3.05) is 4.72 Å². The molecule has 21 heavy (non-hydrogen) atoms. The first-order valence-electron chi connectivity index (χ1n) is 6.24. The summed E-state index contributed by atoms with van der Waals surface area (Å²) in [7, 11) is -3.69. The molecule has 0 atom stereocenters. The zero-order valence-electron chi connectivity index (χ0n) is 10.9. The van der Waals surface area contributed by atoms with Gasteiger partial charge in [-0.25, -0.2) is 13.4 Å². The van der Waals surface area contributed by atoms with E-state index in [0.717, 1.165) is 0 Å². The molecule has 0 aliphatic carbocycles. The number of fused-ring (bicyclic) bond motifs is 1. The van der Waals surface area contributed by atoms with E-state index >= 15 is 0 Å². The minimum Gasteiger partial charge on any atom is -0.274 e. The predicted molar refractivity (Wildman–Crippen MR) is 82.8 cm³/mol. The first-order valence-corrected chi connectivity index (χ1v) is 8.10. The second-order valence-electron chi connectivity index (χ2n) is 4.49. The van der Waals surface area contributed by atoms with Gasteiger partial charge in [0.2, 0.25) is 0 Å². The molecule has 0 saturated carbocycles. The highest BCUT2D eigenvalue weighted by Gasteiger charge is 2.19. The molecule has 3 aromatic rings. The van der Waals surface area contributed by atoms with Gasteiger partial charge in [-0.15, -0.1) is 0 Å². The summed E-state index contributed by atoms with van der Waals surface area (Å²) in [6.45, 7) is 0. The predicted octanol–water partition coefficient (Wildman–Crippen LogP) is 3.11. The first-order chi connectivity index (χ1) is 10.1. The summed E-state index contributed by atoms with van der Waals surface area (Å²) in [4.78, 5) is 3.03. The molecule has 1 heterocycles. The maximum Gasteiger partial charge on any atom is 0.262 e. The van der Waals surface area contributed by atoms with Gasteiger partial charge in [0.15, 0.2) is 12.4 Å². The molecule has 1 aromatic heterocycles. The van der Waals surface area contributed by atoms with Crippen LogP contribution in [-0.2, 0) is 10.0 Å². The van der Waals surface area contributed by atoms with Crippen molar-refractivity contribution in [2.45, 2.75) is 4.90 Å². The number of rotatable bonds is 3. The Kier molecular flexibility index (Phi) is 3.53. The third-order valence-electron chi connectivity index (χ3n) is 3.08. The number of sulfonamides is 1. The van der Waals surface area contributed by atoms with Gasteiger partial charge in [0, 0.05) is 21.9 Å². The Hall–Kier alpha value is -2.11. The second kappa shape index (κ2) is 5.35. The zero-order valence-corrected chi connectivity index (χ0v) is 12.4. The molecule has 0 saturated heterocycles. The van der Waals surface area contributed by atoms with Gasteiger partial charge in [0.05, 0.1) is 4.90 Å². The van der Waals surface area contributed by atoms with Crippen LogP contribution in [0.25, 0.3) is 10.8 Å². The second-order valence-corrected chi connectivity index (χ2v) is 6.55. The Bertz CT molecular complexity index is 896. The molecule has 6 heteroatoms. The van der Waals surface area contributed by atoms with Gasteiger partial charge in [-0.05, 0) is 18.2 Å². The number of benzene rings is 2. The van der Waals surface area contributed by atoms with Crippen molar-refractivity contribution in [1.29, 1.82) is 0 Å². The lowest BCUT2D eigenvalue weighted by Crippen LogP contribution is -2.15. The number of nitrogens with one attached hydrogen (secondary N) is 2. The van der Waals surface area contributed by atoms with Crippen molar-refractivity contribution in [3.05, 3.63) is 65.9 Å². The molecule has 0 bridgehead atoms. The summed E-state index contributed by atoms with van der Waals surface area (Å²) >= 11 is 6.12. The number of H-pyrrole nitrogens is 1. The van der Waals surface area contributed by atoms with E-state index in [4.69, 9.17) is 11.6 Å². The third kappa shape index (κ3) is 2.70. The number of hydrogen-bond donors (Lipinski definition) is 1. The number of hydrogen-bond acceptors (Lipinski definition) is 2. The van der Waals surface area contributed by atoms with E-state index in [2.05, 4.69) is 9.71 Å². The van der Waals surface area contributed by atoms with Gasteiger partial charge >= 0.3 is 0 Å². The number of aromatic nitrogens is 1. The highest BCUT2D eigenvalue weighted by atomic mass is 35.5. The monoisotopic (exact) mass is 319 g/mol. The fourth-order valence-corrected chi connectivity index (χ4v) is 3.63. The largest absolute Gasteiger partial charge is 0.274 e. The molecule has 3 rings (SSSR count). The van der Waals surface area contributed by atoms with Gasteiger partial charge in [-0.2, -0.15) is 0 Å². The van der Waals surface area contributed by atoms with Crippen molar-refractivity contribution in [3.63, 3.8) is 0 Å². The minimum absolute atomic E-state index is 0.200. The lowest BCUT2D eigenvalue weighted by atomic mass is 10.1. The first kappa shape index (κ1) is 13.9. The van der Waals surface area contributed by atoms with Crippen LogP contribution in [0.1, 0.15) is 0 Å². The van der Waals surface area contributed by atoms with Crippen LogP contribution in [0.3, 0.4) is 0 Å². The highest BCUT2D eigenvalue weighted by molar-refractivity contribution is 7.93. The Morgan fingerprint density at radius 2 is 1.71 bits per heavy atom. The maximum absolute atomic E-state index is 12.6. The van der Waals surface area contributed by atoms with Crippen molar-refractivity contribution in [2.24, 2.45) is 0 Å². The smallest absolute Gasteiger partial charge is 0.262 e. The van der Waals surface area contributed by atoms with Gasteiger partial charge < -0.3 is 0 Å². The van der Waals surface area contributed by atoms with E-state index in [-0.39, 0.29) is 4.90 Å². The van der Waals surface area contributed by atoms with Crippen LogP contribution < -0.4 is 9.71 Å². The average Bonchev–Trinajstić information content (AvgIpc) is 2.48. The summed E-state index contributed by atoms with van der Waals surface area (Å²) in [6, 6.07) is 13.7. The van der Waals surface area contributed by atoms with Gasteiger partial charge in [-0.1, -0.05) is 35.9 Å². The van der Waals surface area contributed by atoms with Crippen molar-refractivity contribution in [1.82, 2.24) is 0 Å². The Morgan fingerprint density at radius 3 is 2.43 bits per heavy atom. The summed E-state index contributed by atoms with van der Waals surface area (Å²) in [5, 5.41) is 1.83. The fraction of sp³-hybridized carbons (Fsp3) is 0. The van der Waals surface area contributed by atoms with E-state index in [1.165, 1.54) is 6.07 Å². The number of halogens is 1. The maximum atomic E-state index is 12.6. The molecular formula is C15H12ClN2O2S+. The van der Waals surface area contributed by atoms with Crippen LogP contribution in [0.2, 0.25) is 5.02 Å². The summed E-state index contributed by atoms with van der Waals surface area (Å²) in [6.07, 6.45) is 3.28. The van der Waals surface area contributed by atoms with E-state index in [1.807, 2.05) is 6.07 Å². The topological polar surface area (TPSA) is 60.3 Å². The normalized spacial score (nSPS) is 11.5. The number of aromatic amines is 1. The van der Waals surface area contributed by atoms with E-state index < -0.39 is 10.0 Å². The molecule has 0 unspecified atom stereocenters. The van der Waals surface area contributed by atoms with E-state index in [9.17, 15) is 8.42 Å². The standard InChI is InChI=1S/C15H11ClN2O2S/c16-14-7-8-15(13-6-2-1-5-12(13)14)21(19,20)18-11-4-3-9-17-10-11/h1-10,18H/p+1. The number of pyridine rings is 1. The SMILES string of the molecule is O=S(=O)(Nc1ccc[nH+]c1)c1ccc(Cl)c2ccccc12. The van der Waals surface area contributed by atoms with Gasteiger partial charge in [-0.3, -0.25) is 4.72 Å². The van der Waals surface area contributed by atoms with Crippen LogP contribution in [-0.4, -0.2) is 8.42 Å². The molecule has 0 fully saturated rings. The van der Waals surface area contributed by atoms with Gasteiger partial charge in [0.1, 0.15) is 5.69 Å². The van der Waals surface area contributed by atoms with Crippen molar-refractivity contribution in [3.8, 4) is 0 Å². The van der Waals surface area contributed by atoms with E-state index in [1.54, 1.807) is 48.8 Å². The van der Waals surface area contributed by atoms with Crippen LogP contribution in [0, 0.1) is 0 Å². The quantitative estimate of drug-likeness (QED) is 0.806. The lowest BCUT2D eigenvalue weighted by Gasteiger charge is -2.10. The third-order valence-corrected chi connectivity index (χ3v) is 4.85. The molecule has 4 nitrogen and oxygen atoms in total. The number of anilines is 1. The molecule has 0 aliphatic rings. The Morgan fingerprint density at radius 1 is 0.952 bits per heavy atom. The van der Waals surface area contributed by atoms with Crippen LogP contribution in [0.15, 0.2) is 65.8 Å². The van der Waals surface area contributed by atoms with Crippen LogP contribution in [0.5, 0.6) is 0 Å². The van der Waals surface area contributed by atoms with Crippen molar-refractivity contribution < 1.29 is 13.4 Å². The average molecular weight is 320 g/mol. The molecular weight excluding hydrogens is 308 g/mol. The molecule has 0 spiro atoms. The summed E-state index contributed by atoms with van der Waals surface area (Å²) in [5.74, 6) is 0. The summed E-state index contributed by atoms with van der Waals surface area (Å²) < 4.78 is 27.7. The molecule has 2 N–H and O–H groups in total. The Balaban J connectivity index is 2.14. The zero-order chi connectivity index (χ0) is 14.9.